The van der Waals surface area contributed by atoms with Gasteiger partial charge in [0.05, 0.1) is 19.1 Å². The lowest BCUT2D eigenvalue weighted by Crippen LogP contribution is -2.31. The topological polar surface area (TPSA) is 64.6 Å². The van der Waals surface area contributed by atoms with Gasteiger partial charge >= 0.3 is 5.97 Å². The highest BCUT2D eigenvalue weighted by atomic mass is 16.5. The molecule has 0 saturated carbocycles. The molecule has 2 aromatic rings. The lowest BCUT2D eigenvalue weighted by atomic mass is 9.90. The summed E-state index contributed by atoms with van der Waals surface area (Å²) in [4.78, 5) is 25.1. The molecule has 1 amide bonds. The quantitative estimate of drug-likeness (QED) is 0.812. The lowest BCUT2D eigenvalue weighted by molar-refractivity contribution is -0.138. The highest BCUT2D eigenvalue weighted by molar-refractivity contribution is 5.93. The van der Waals surface area contributed by atoms with Gasteiger partial charge in [0.25, 0.3) is 0 Å². The minimum Gasteiger partial charge on any atom is -0.478 e. The molecule has 1 aliphatic rings. The van der Waals surface area contributed by atoms with E-state index in [9.17, 15) is 9.59 Å². The third-order valence-electron chi connectivity index (χ3n) is 4.16. The van der Waals surface area contributed by atoms with Crippen molar-refractivity contribution in [3.63, 3.8) is 0 Å². The van der Waals surface area contributed by atoms with Gasteiger partial charge in [-0.2, -0.15) is 0 Å². The highest BCUT2D eigenvalue weighted by Crippen LogP contribution is 2.26. The molecule has 5 heteroatoms. The van der Waals surface area contributed by atoms with Crippen LogP contribution in [-0.4, -0.2) is 25.1 Å². The Morgan fingerprint density at radius 3 is 2.15 bits per heavy atom. The first kappa shape index (κ1) is 17.7. The van der Waals surface area contributed by atoms with Crippen LogP contribution in [0.3, 0.4) is 0 Å². The zero-order valence-electron chi connectivity index (χ0n) is 14.6. The summed E-state index contributed by atoms with van der Waals surface area (Å²) in [6.45, 7) is 2.37. The molecular formula is C21H21NO4. The zero-order chi connectivity index (χ0) is 18.4. The lowest BCUT2D eigenvalue weighted by Gasteiger charge is -2.18. The number of hydrogen-bond acceptors (Lipinski definition) is 4. The number of carbonyl (C=O) groups excluding carboxylic acids is 2. The fraction of sp³-hybridized carbons (Fsp3) is 0.238. The maximum Gasteiger partial charge on any atom is 0.339 e. The van der Waals surface area contributed by atoms with Crippen LogP contribution in [0.15, 0.2) is 72.1 Å². The minimum absolute atomic E-state index is 0.199. The molecule has 0 aliphatic carbocycles. The molecule has 0 bridgehead atoms. The Morgan fingerprint density at radius 1 is 1.04 bits per heavy atom. The molecule has 26 heavy (non-hydrogen) atoms. The summed E-state index contributed by atoms with van der Waals surface area (Å²) in [5, 5.41) is 2.78. The Balaban J connectivity index is 1.89. The van der Waals surface area contributed by atoms with Crippen molar-refractivity contribution in [1.82, 2.24) is 5.32 Å². The molecule has 134 valence electrons. The number of hydrogen-bond donors (Lipinski definition) is 1. The van der Waals surface area contributed by atoms with E-state index in [2.05, 4.69) is 5.32 Å². The Morgan fingerprint density at radius 2 is 1.62 bits per heavy atom. The van der Waals surface area contributed by atoms with Crippen LogP contribution in [-0.2, 0) is 19.1 Å². The van der Waals surface area contributed by atoms with Crippen molar-refractivity contribution in [2.24, 2.45) is 0 Å². The number of esters is 1. The van der Waals surface area contributed by atoms with Gasteiger partial charge in [-0.1, -0.05) is 60.7 Å². The normalized spacial score (nSPS) is 13.5. The molecule has 0 saturated heterocycles. The number of carbonyl (C=O) groups is 2. The van der Waals surface area contributed by atoms with Crippen LogP contribution in [0, 0.1) is 0 Å². The Hall–Kier alpha value is -3.08. The van der Waals surface area contributed by atoms with E-state index in [0.29, 0.717) is 18.6 Å². The van der Waals surface area contributed by atoms with Crippen LogP contribution in [0.4, 0.5) is 0 Å². The van der Waals surface area contributed by atoms with Crippen molar-refractivity contribution in [1.29, 1.82) is 0 Å². The summed E-state index contributed by atoms with van der Waals surface area (Å²) in [5.74, 6) is -1.000. The molecule has 0 unspecified atom stereocenters. The van der Waals surface area contributed by atoms with Gasteiger partial charge in [0, 0.05) is 6.42 Å². The first-order valence-electron chi connectivity index (χ1n) is 8.64. The summed E-state index contributed by atoms with van der Waals surface area (Å²) in [6, 6.07) is 19.0. The summed E-state index contributed by atoms with van der Waals surface area (Å²) < 4.78 is 10.5. The second kappa shape index (κ2) is 8.34. The van der Waals surface area contributed by atoms with E-state index in [1.807, 2.05) is 60.7 Å². The van der Waals surface area contributed by atoms with Crippen LogP contribution >= 0.6 is 0 Å². The van der Waals surface area contributed by atoms with Crippen LogP contribution in [0.5, 0.6) is 0 Å². The van der Waals surface area contributed by atoms with Gasteiger partial charge in [0.1, 0.15) is 5.57 Å². The predicted molar refractivity (Wildman–Crippen MR) is 97.1 cm³/mol. The van der Waals surface area contributed by atoms with E-state index >= 15 is 0 Å². The van der Waals surface area contributed by atoms with Gasteiger partial charge in [-0.25, -0.2) is 4.79 Å². The summed E-state index contributed by atoms with van der Waals surface area (Å²) >= 11 is 0. The molecule has 0 fully saturated rings. The summed E-state index contributed by atoms with van der Waals surface area (Å²) in [5.41, 5.74) is 2.11. The second-order valence-electron chi connectivity index (χ2n) is 5.87. The first-order valence-corrected chi connectivity index (χ1v) is 8.64. The average molecular weight is 351 g/mol. The van der Waals surface area contributed by atoms with Crippen molar-refractivity contribution in [3.05, 3.63) is 83.2 Å². The van der Waals surface area contributed by atoms with Crippen LogP contribution in [0.2, 0.25) is 0 Å². The molecule has 1 aliphatic heterocycles. The first-order chi connectivity index (χ1) is 12.7. The zero-order valence-corrected chi connectivity index (χ0v) is 14.6. The van der Waals surface area contributed by atoms with Crippen LogP contribution in [0.25, 0.3) is 0 Å². The monoisotopic (exact) mass is 351 g/mol. The summed E-state index contributed by atoms with van der Waals surface area (Å²) in [6.07, 6.45) is 0.426. The number of rotatable bonds is 6. The Kier molecular flexibility index (Phi) is 5.69. The molecule has 0 spiro atoms. The minimum atomic E-state index is -0.502. The van der Waals surface area contributed by atoms with Crippen LogP contribution < -0.4 is 5.32 Å². The molecule has 0 radical (unpaired) electrons. The van der Waals surface area contributed by atoms with E-state index in [-0.39, 0.29) is 18.4 Å². The molecule has 0 atom stereocenters. The van der Waals surface area contributed by atoms with Crippen molar-refractivity contribution < 1.29 is 19.1 Å². The van der Waals surface area contributed by atoms with E-state index in [4.69, 9.17) is 9.47 Å². The molecule has 1 heterocycles. The third-order valence-corrected chi connectivity index (χ3v) is 4.16. The Labute approximate surface area is 152 Å². The predicted octanol–water partition coefficient (Wildman–Crippen LogP) is 3.13. The van der Waals surface area contributed by atoms with E-state index in [0.717, 1.165) is 11.1 Å². The highest BCUT2D eigenvalue weighted by Gasteiger charge is 2.29. The number of benzene rings is 2. The molecular weight excluding hydrogens is 330 g/mol. The van der Waals surface area contributed by atoms with Gasteiger partial charge in [-0.15, -0.1) is 0 Å². The molecule has 1 N–H and O–H groups in total. The van der Waals surface area contributed by atoms with Gasteiger partial charge in [0.2, 0.25) is 11.8 Å². The van der Waals surface area contributed by atoms with Crippen LogP contribution in [0.1, 0.15) is 30.4 Å². The fourth-order valence-electron chi connectivity index (χ4n) is 2.95. The maximum atomic E-state index is 13.0. The SMILES string of the molecule is CCOC(=O)C1=C(NC(=O)C(c2ccccc2)c2ccccc2)OCC1. The number of ether oxygens (including phenoxy) is 2. The van der Waals surface area contributed by atoms with Gasteiger partial charge in [-0.05, 0) is 18.1 Å². The van der Waals surface area contributed by atoms with Gasteiger partial charge in [-0.3, -0.25) is 10.1 Å². The smallest absolute Gasteiger partial charge is 0.339 e. The molecule has 0 aromatic heterocycles. The van der Waals surface area contributed by atoms with Gasteiger partial charge < -0.3 is 9.47 Å². The van der Waals surface area contributed by atoms with Gasteiger partial charge in [0.15, 0.2) is 0 Å². The number of amides is 1. The average Bonchev–Trinajstić information content (AvgIpc) is 3.12. The molecule has 3 rings (SSSR count). The summed E-state index contributed by atoms with van der Waals surface area (Å²) in [7, 11) is 0. The standard InChI is InChI=1S/C21H21NO4/c1-2-25-21(24)17-13-14-26-20(17)22-19(23)18(15-9-5-3-6-10-15)16-11-7-4-8-12-16/h3-12,18H,2,13-14H2,1H3,(H,22,23). The number of nitrogens with one attached hydrogen (secondary N) is 1. The van der Waals surface area contributed by atoms with Crippen molar-refractivity contribution in [3.8, 4) is 0 Å². The van der Waals surface area contributed by atoms with E-state index < -0.39 is 11.9 Å². The largest absolute Gasteiger partial charge is 0.478 e. The molecule has 5 nitrogen and oxygen atoms in total. The third kappa shape index (κ3) is 3.94. The van der Waals surface area contributed by atoms with Crippen molar-refractivity contribution >= 4 is 11.9 Å². The fourth-order valence-corrected chi connectivity index (χ4v) is 2.95. The maximum absolute atomic E-state index is 13.0. The van der Waals surface area contributed by atoms with E-state index in [1.165, 1.54) is 0 Å². The Bertz CT molecular complexity index is 760. The van der Waals surface area contributed by atoms with Crippen molar-refractivity contribution in [2.75, 3.05) is 13.2 Å². The second-order valence-corrected chi connectivity index (χ2v) is 5.87. The van der Waals surface area contributed by atoms with E-state index in [1.54, 1.807) is 6.92 Å². The van der Waals surface area contributed by atoms with Crippen molar-refractivity contribution in [2.45, 2.75) is 19.3 Å². The molecule has 2 aromatic carbocycles.